The molecule has 318 valence electrons. The molecule has 0 aliphatic carbocycles. The van der Waals surface area contributed by atoms with Crippen LogP contribution >= 0.6 is 0 Å². The Labute approximate surface area is 336 Å². The lowest BCUT2D eigenvalue weighted by molar-refractivity contribution is -0.148. The van der Waals surface area contributed by atoms with Gasteiger partial charge >= 0.3 is 0 Å². The van der Waals surface area contributed by atoms with E-state index in [0.717, 1.165) is 0 Å². The minimum absolute atomic E-state index is 0.0000444. The lowest BCUT2D eigenvalue weighted by atomic mass is 9.90. The lowest BCUT2D eigenvalue weighted by Gasteiger charge is -2.39. The summed E-state index contributed by atoms with van der Waals surface area (Å²) in [4.78, 5) is 74.9. The number of nitrogens with zero attached hydrogens (tertiary/aromatic N) is 3. The molecule has 1 aromatic rings. The van der Waals surface area contributed by atoms with Crippen molar-refractivity contribution in [2.45, 2.75) is 149 Å². The zero-order valence-electron chi connectivity index (χ0n) is 36.6. The third-order valence-electron chi connectivity index (χ3n) is 11.7. The van der Waals surface area contributed by atoms with Crippen LogP contribution in [0.25, 0.3) is 0 Å². The number of likely N-dealkylation sites (tertiary alicyclic amines) is 1. The van der Waals surface area contributed by atoms with Crippen LogP contribution in [0.3, 0.4) is 0 Å². The van der Waals surface area contributed by atoms with Gasteiger partial charge in [-0.3, -0.25) is 28.9 Å². The summed E-state index contributed by atoms with van der Waals surface area (Å²) in [5.74, 6) is -2.85. The Bertz CT molecular complexity index is 1420. The first-order chi connectivity index (χ1) is 26.2. The molecule has 1 aromatic carbocycles. The fourth-order valence-electron chi connectivity index (χ4n) is 7.93. The van der Waals surface area contributed by atoms with Gasteiger partial charge < -0.3 is 35.0 Å². The standard InChI is InChI=1S/C43H73N5O8/c1-15-28(8)35(45-42(53)36(25(2)3)47(12)43(54)37(26(4)5)46(11)27(6)7)39(51)33(55-13)24-34(49)48-23-19-22-32(48)40(56-14)29(9)41(52)44-30(10)38(50)31-20-17-16-18-21-31/h16-18,20-21,25-30,32-33,35-38,40,50H,15,19,22-24H2,1-14H3,(H,44,52)(H,45,53)/t28-,29-,30-,32+,33?,35+,36+,37+,38-,40?/m0/s1. The number of methoxy groups -OCH3 is 2. The van der Waals surface area contributed by atoms with E-state index in [1.807, 2.05) is 85.5 Å². The second-order valence-electron chi connectivity index (χ2n) is 16.7. The van der Waals surface area contributed by atoms with Gasteiger partial charge in [0.25, 0.3) is 0 Å². The molecule has 0 bridgehead atoms. The van der Waals surface area contributed by atoms with E-state index < -0.39 is 66.1 Å². The maximum atomic E-state index is 14.3. The molecular weight excluding hydrogens is 714 g/mol. The van der Waals surface area contributed by atoms with Crippen molar-refractivity contribution in [2.75, 3.05) is 34.9 Å². The summed E-state index contributed by atoms with van der Waals surface area (Å²) in [5.41, 5.74) is 0.688. The number of hydrogen-bond donors (Lipinski definition) is 3. The molecule has 2 rings (SSSR count). The fourth-order valence-corrected chi connectivity index (χ4v) is 7.93. The minimum atomic E-state index is -1.15. The number of carbonyl (C=O) groups excluding carboxylic acids is 5. The number of aliphatic hydroxyl groups excluding tert-OH is 1. The minimum Gasteiger partial charge on any atom is -0.386 e. The molecule has 1 heterocycles. The van der Waals surface area contributed by atoms with Crippen LogP contribution in [0.1, 0.15) is 107 Å². The lowest BCUT2D eigenvalue weighted by Crippen LogP contribution is -2.60. The SMILES string of the molecule is CC[C@H](C)[C@@H](NC(=O)[C@@H](C(C)C)N(C)C(=O)[C@@H](C(C)C)N(C)C(C)C)C(=O)C(CC(=O)N1CCC[C@@H]1C(OC)[C@H](C)C(=O)N[C@@H](C)[C@H](O)c1ccccc1)OC. The highest BCUT2D eigenvalue weighted by Crippen LogP contribution is 2.29. The molecule has 1 saturated heterocycles. The van der Waals surface area contributed by atoms with Crippen molar-refractivity contribution >= 4 is 29.4 Å². The first-order valence-electron chi connectivity index (χ1n) is 20.5. The van der Waals surface area contributed by atoms with E-state index in [1.165, 1.54) is 19.1 Å². The van der Waals surface area contributed by atoms with Crippen LogP contribution in [-0.2, 0) is 33.4 Å². The molecule has 2 unspecified atom stereocenters. The van der Waals surface area contributed by atoms with Gasteiger partial charge in [0.1, 0.15) is 12.1 Å². The summed E-state index contributed by atoms with van der Waals surface area (Å²) in [7, 11) is 6.45. The third-order valence-corrected chi connectivity index (χ3v) is 11.7. The molecule has 3 N–H and O–H groups in total. The van der Waals surface area contributed by atoms with Crippen molar-refractivity contribution in [2.24, 2.45) is 23.7 Å². The van der Waals surface area contributed by atoms with Gasteiger partial charge in [-0.2, -0.15) is 0 Å². The first kappa shape index (κ1) is 48.8. The molecule has 10 atom stereocenters. The van der Waals surface area contributed by atoms with E-state index in [0.29, 0.717) is 31.4 Å². The maximum absolute atomic E-state index is 14.3. The van der Waals surface area contributed by atoms with E-state index in [-0.39, 0.29) is 47.9 Å². The number of Topliss-reactive ketones (excluding diaryl/α,β-unsaturated/α-hetero) is 1. The molecule has 56 heavy (non-hydrogen) atoms. The quantitative estimate of drug-likeness (QED) is 0.157. The van der Waals surface area contributed by atoms with Gasteiger partial charge in [-0.05, 0) is 64.0 Å². The van der Waals surface area contributed by atoms with Crippen LogP contribution < -0.4 is 10.6 Å². The smallest absolute Gasteiger partial charge is 0.243 e. The molecule has 13 heteroatoms. The summed E-state index contributed by atoms with van der Waals surface area (Å²) in [6, 6.07) is 5.97. The van der Waals surface area contributed by atoms with Crippen LogP contribution in [0.2, 0.25) is 0 Å². The number of carbonyl (C=O) groups is 5. The number of rotatable bonds is 22. The van der Waals surface area contributed by atoms with Gasteiger partial charge in [0.05, 0.1) is 48.7 Å². The van der Waals surface area contributed by atoms with Crippen LogP contribution in [0.15, 0.2) is 30.3 Å². The molecular formula is C43H73N5O8. The molecule has 0 radical (unpaired) electrons. The van der Waals surface area contributed by atoms with E-state index in [9.17, 15) is 29.1 Å². The second-order valence-corrected chi connectivity index (χ2v) is 16.7. The van der Waals surface area contributed by atoms with Crippen LogP contribution in [0.5, 0.6) is 0 Å². The zero-order valence-corrected chi connectivity index (χ0v) is 36.6. The predicted molar refractivity (Wildman–Crippen MR) is 218 cm³/mol. The van der Waals surface area contributed by atoms with Gasteiger partial charge in [-0.25, -0.2) is 0 Å². The van der Waals surface area contributed by atoms with Gasteiger partial charge in [-0.1, -0.05) is 85.2 Å². The van der Waals surface area contributed by atoms with Gasteiger partial charge in [0.2, 0.25) is 23.6 Å². The average molecular weight is 788 g/mol. The Morgan fingerprint density at radius 3 is 1.95 bits per heavy atom. The molecule has 13 nitrogen and oxygen atoms in total. The van der Waals surface area contributed by atoms with Crippen molar-refractivity contribution in [3.8, 4) is 0 Å². The molecule has 4 amide bonds. The highest BCUT2D eigenvalue weighted by atomic mass is 16.5. The van der Waals surface area contributed by atoms with Crippen molar-refractivity contribution in [1.82, 2.24) is 25.3 Å². The highest BCUT2D eigenvalue weighted by molar-refractivity contribution is 5.97. The summed E-state index contributed by atoms with van der Waals surface area (Å²) in [6.45, 7) is 19.5. The summed E-state index contributed by atoms with van der Waals surface area (Å²) < 4.78 is 11.5. The van der Waals surface area contributed by atoms with Crippen molar-refractivity contribution in [1.29, 1.82) is 0 Å². The number of ketones is 1. The molecule has 0 aromatic heterocycles. The van der Waals surface area contributed by atoms with Gasteiger partial charge in [-0.15, -0.1) is 0 Å². The number of likely N-dealkylation sites (N-methyl/N-ethyl adjacent to an activating group) is 2. The number of hydrogen-bond acceptors (Lipinski definition) is 9. The monoisotopic (exact) mass is 788 g/mol. The number of aliphatic hydroxyl groups is 1. The zero-order chi connectivity index (χ0) is 42.6. The van der Waals surface area contributed by atoms with Crippen LogP contribution in [0.4, 0.5) is 0 Å². The Hall–Kier alpha value is -3.39. The first-order valence-corrected chi connectivity index (χ1v) is 20.5. The molecule has 0 saturated carbocycles. The van der Waals surface area contributed by atoms with Crippen LogP contribution in [0, 0.1) is 23.7 Å². The molecule has 1 aliphatic heterocycles. The topological polar surface area (TPSA) is 158 Å². The summed E-state index contributed by atoms with van der Waals surface area (Å²) >= 11 is 0. The van der Waals surface area contributed by atoms with Gasteiger partial charge in [0.15, 0.2) is 5.78 Å². The predicted octanol–water partition coefficient (Wildman–Crippen LogP) is 4.22. The summed E-state index contributed by atoms with van der Waals surface area (Å²) in [6.07, 6.45) is -1.08. The Morgan fingerprint density at radius 2 is 1.45 bits per heavy atom. The largest absolute Gasteiger partial charge is 0.386 e. The Morgan fingerprint density at radius 1 is 0.857 bits per heavy atom. The number of nitrogens with one attached hydrogen (secondary N) is 2. The number of benzene rings is 1. The highest BCUT2D eigenvalue weighted by Gasteiger charge is 2.43. The average Bonchev–Trinajstić information content (AvgIpc) is 3.64. The number of ether oxygens (including phenoxy) is 2. The summed E-state index contributed by atoms with van der Waals surface area (Å²) in [5, 5.41) is 16.7. The van der Waals surface area contributed by atoms with E-state index in [4.69, 9.17) is 9.47 Å². The molecule has 0 spiro atoms. The van der Waals surface area contributed by atoms with Crippen molar-refractivity contribution in [3.63, 3.8) is 0 Å². The molecule has 1 aliphatic rings. The fraction of sp³-hybridized carbons (Fsp3) is 0.744. The van der Waals surface area contributed by atoms with E-state index in [1.54, 1.807) is 37.9 Å². The second kappa shape index (κ2) is 22.5. The number of amides is 4. The van der Waals surface area contributed by atoms with E-state index >= 15 is 0 Å². The molecule has 1 fully saturated rings. The van der Waals surface area contributed by atoms with Crippen molar-refractivity contribution in [3.05, 3.63) is 35.9 Å². The third kappa shape index (κ3) is 12.3. The normalized spacial score (nSPS) is 19.6. The Balaban J connectivity index is 2.25. The Kier molecular flexibility index (Phi) is 19.6. The van der Waals surface area contributed by atoms with E-state index in [2.05, 4.69) is 10.6 Å². The van der Waals surface area contributed by atoms with Gasteiger partial charge in [0, 0.05) is 33.9 Å². The van der Waals surface area contributed by atoms with Crippen molar-refractivity contribution < 1.29 is 38.6 Å². The van der Waals surface area contributed by atoms with Crippen LogP contribution in [-0.4, -0.2) is 133 Å². The maximum Gasteiger partial charge on any atom is 0.243 e.